The summed E-state index contributed by atoms with van der Waals surface area (Å²) in [4.78, 5) is 22.0. The third-order valence-corrected chi connectivity index (χ3v) is 6.98. The maximum Gasteiger partial charge on any atom is 0.338 e. The highest BCUT2D eigenvalue weighted by atomic mass is 32.1. The number of aromatic nitrogens is 5. The Morgan fingerprint density at radius 2 is 2.00 bits per heavy atom. The average Bonchev–Trinajstić information content (AvgIpc) is 3.69. The van der Waals surface area contributed by atoms with Gasteiger partial charge in [-0.15, -0.1) is 0 Å². The maximum atomic E-state index is 14.2. The van der Waals surface area contributed by atoms with Gasteiger partial charge in [0, 0.05) is 36.4 Å². The molecule has 42 heavy (non-hydrogen) atoms. The molecule has 3 heterocycles. The van der Waals surface area contributed by atoms with Gasteiger partial charge in [-0.1, -0.05) is 17.4 Å². The van der Waals surface area contributed by atoms with Gasteiger partial charge in [0.2, 0.25) is 0 Å². The van der Waals surface area contributed by atoms with Crippen LogP contribution in [-0.4, -0.2) is 49.6 Å². The average molecular weight is 589 g/mol. The van der Waals surface area contributed by atoms with Crippen LogP contribution in [0.15, 0.2) is 54.2 Å². The van der Waals surface area contributed by atoms with E-state index in [-0.39, 0.29) is 12.2 Å². The smallest absolute Gasteiger partial charge is 0.338 e. The van der Waals surface area contributed by atoms with Crippen LogP contribution in [0.25, 0.3) is 22.3 Å². The molecule has 0 aliphatic rings. The largest absolute Gasteiger partial charge is 0.465 e. The number of nitriles is 1. The van der Waals surface area contributed by atoms with Gasteiger partial charge in [0.15, 0.2) is 0 Å². The molecule has 0 fully saturated rings. The van der Waals surface area contributed by atoms with E-state index in [4.69, 9.17) is 24.5 Å². The summed E-state index contributed by atoms with van der Waals surface area (Å²) >= 11 is 1.30. The zero-order chi connectivity index (χ0) is 29.9. The van der Waals surface area contributed by atoms with Gasteiger partial charge in [-0.3, -0.25) is 4.68 Å². The predicted octanol–water partition coefficient (Wildman–Crippen LogP) is 5.60. The van der Waals surface area contributed by atoms with E-state index in [1.807, 2.05) is 49.1 Å². The quantitative estimate of drug-likeness (QED) is 0.194. The van der Waals surface area contributed by atoms with E-state index in [1.165, 1.54) is 23.5 Å². The summed E-state index contributed by atoms with van der Waals surface area (Å²) in [7, 11) is 1.64. The van der Waals surface area contributed by atoms with Crippen molar-refractivity contribution in [2.75, 3.05) is 13.7 Å². The fourth-order valence-corrected chi connectivity index (χ4v) is 4.93. The summed E-state index contributed by atoms with van der Waals surface area (Å²) in [5.74, 6) is -0.134. The lowest BCUT2D eigenvalue weighted by Gasteiger charge is -2.19. The lowest BCUT2D eigenvalue weighted by Crippen LogP contribution is -2.23. The molecule has 0 saturated heterocycles. The Morgan fingerprint density at radius 1 is 1.17 bits per heavy atom. The molecule has 0 amide bonds. The van der Waals surface area contributed by atoms with Crippen LogP contribution in [-0.2, 0) is 29.2 Å². The predicted molar refractivity (Wildman–Crippen MR) is 155 cm³/mol. The standard InChI is InChI=1S/C30H29FN6O4S/c1-30(2,3)41-28(38)20-7-8-24-26(12-20)37(9-10-39-4)27(34-24)16-36-15-22(14-33-36)25-18-42-29(35-25)40-17-21-6-5-19(13-32)11-23(21)31/h5-8,11-12,14-15,18H,9-10,16-17H2,1-4H3. The minimum absolute atomic E-state index is 0.00289. The molecule has 5 rings (SSSR count). The third-order valence-electron chi connectivity index (χ3n) is 6.23. The number of nitrogens with zero attached hydrogens (tertiary/aromatic N) is 6. The third kappa shape index (κ3) is 6.64. The minimum atomic E-state index is -0.599. The highest BCUT2D eigenvalue weighted by molar-refractivity contribution is 7.11. The van der Waals surface area contributed by atoms with Crippen molar-refractivity contribution in [2.24, 2.45) is 0 Å². The fourth-order valence-electron chi connectivity index (χ4n) is 4.25. The first kappa shape index (κ1) is 28.9. The number of hydrogen-bond donors (Lipinski definition) is 0. The number of carbonyl (C=O) groups is 1. The van der Waals surface area contributed by atoms with Gasteiger partial charge in [0.1, 0.15) is 23.8 Å². The van der Waals surface area contributed by atoms with Crippen LogP contribution in [0.4, 0.5) is 4.39 Å². The fraction of sp³-hybridized carbons (Fsp3) is 0.300. The summed E-state index contributed by atoms with van der Waals surface area (Å²) in [6, 6.07) is 11.5. The maximum absolute atomic E-state index is 14.2. The number of carbonyl (C=O) groups excluding carboxylic acids is 1. The van der Waals surface area contributed by atoms with Crippen molar-refractivity contribution in [3.8, 4) is 22.5 Å². The first-order valence-electron chi connectivity index (χ1n) is 13.1. The summed E-state index contributed by atoms with van der Waals surface area (Å²) < 4.78 is 34.5. The van der Waals surface area contributed by atoms with E-state index in [1.54, 1.807) is 36.2 Å². The van der Waals surface area contributed by atoms with Gasteiger partial charge in [-0.2, -0.15) is 10.4 Å². The van der Waals surface area contributed by atoms with Crippen molar-refractivity contribution in [1.29, 1.82) is 5.26 Å². The molecule has 3 aromatic heterocycles. The van der Waals surface area contributed by atoms with Gasteiger partial charge in [0.25, 0.3) is 5.19 Å². The van der Waals surface area contributed by atoms with Gasteiger partial charge in [-0.05, 0) is 51.1 Å². The normalized spacial score (nSPS) is 11.5. The van der Waals surface area contributed by atoms with Gasteiger partial charge >= 0.3 is 5.97 Å². The SMILES string of the molecule is COCCn1c(Cn2cc(-c3csc(OCc4ccc(C#N)cc4F)n3)cn2)nc2ccc(C(=O)OC(C)(C)C)cc21. The molecule has 0 atom stereocenters. The molecule has 2 aromatic carbocycles. The Kier molecular flexibility index (Phi) is 8.33. The van der Waals surface area contributed by atoms with Crippen molar-refractivity contribution < 1.29 is 23.4 Å². The van der Waals surface area contributed by atoms with Crippen LogP contribution < -0.4 is 4.74 Å². The molecule has 0 radical (unpaired) electrons. The van der Waals surface area contributed by atoms with E-state index in [0.717, 1.165) is 22.4 Å². The Balaban J connectivity index is 1.32. The molecule has 0 N–H and O–H groups in total. The van der Waals surface area contributed by atoms with Gasteiger partial charge in [-0.25, -0.2) is 19.2 Å². The molecule has 0 aliphatic heterocycles. The molecular weight excluding hydrogens is 559 g/mol. The zero-order valence-electron chi connectivity index (χ0n) is 23.6. The molecule has 5 aromatic rings. The van der Waals surface area contributed by atoms with E-state index in [2.05, 4.69) is 10.1 Å². The van der Waals surface area contributed by atoms with Crippen molar-refractivity contribution >= 4 is 28.3 Å². The van der Waals surface area contributed by atoms with Crippen LogP contribution in [0, 0.1) is 17.1 Å². The molecule has 12 heteroatoms. The lowest BCUT2D eigenvalue weighted by molar-refractivity contribution is 0.00696. The van der Waals surface area contributed by atoms with Crippen LogP contribution in [0.5, 0.6) is 5.19 Å². The molecule has 0 saturated carbocycles. The molecule has 10 nitrogen and oxygen atoms in total. The zero-order valence-corrected chi connectivity index (χ0v) is 24.4. The van der Waals surface area contributed by atoms with Gasteiger partial charge < -0.3 is 18.8 Å². The Labute approximate surface area is 245 Å². The van der Waals surface area contributed by atoms with Gasteiger partial charge in [0.05, 0.1) is 53.3 Å². The summed E-state index contributed by atoms with van der Waals surface area (Å²) in [5.41, 5.74) is 3.47. The number of thiazole rings is 1. The Hall–Kier alpha value is -4.60. The Bertz CT molecular complexity index is 1780. The highest BCUT2D eigenvalue weighted by Gasteiger charge is 2.20. The van der Waals surface area contributed by atoms with E-state index < -0.39 is 17.4 Å². The second-order valence-electron chi connectivity index (χ2n) is 10.5. The van der Waals surface area contributed by atoms with Crippen molar-refractivity contribution in [2.45, 2.75) is 46.1 Å². The van der Waals surface area contributed by atoms with Crippen molar-refractivity contribution in [3.63, 3.8) is 0 Å². The summed E-state index contributed by atoms with van der Waals surface area (Å²) in [6.45, 7) is 6.89. The number of fused-ring (bicyclic) bond motifs is 1. The van der Waals surface area contributed by atoms with Crippen molar-refractivity contribution in [3.05, 3.63) is 82.5 Å². The minimum Gasteiger partial charge on any atom is -0.465 e. The lowest BCUT2D eigenvalue weighted by atomic mass is 10.1. The first-order valence-corrected chi connectivity index (χ1v) is 14.0. The molecule has 216 valence electrons. The molecular formula is C30H29FN6O4S. The van der Waals surface area contributed by atoms with Crippen LogP contribution >= 0.6 is 11.3 Å². The second-order valence-corrected chi connectivity index (χ2v) is 11.3. The van der Waals surface area contributed by atoms with Crippen molar-refractivity contribution in [1.82, 2.24) is 24.3 Å². The monoisotopic (exact) mass is 588 g/mol. The number of rotatable bonds is 10. The van der Waals surface area contributed by atoms with Crippen LogP contribution in [0.3, 0.4) is 0 Å². The van der Waals surface area contributed by atoms with E-state index in [9.17, 15) is 9.18 Å². The number of benzene rings is 2. The second kappa shape index (κ2) is 12.1. The summed E-state index contributed by atoms with van der Waals surface area (Å²) in [6.07, 6.45) is 3.58. The topological polar surface area (TPSA) is 117 Å². The number of esters is 1. The Morgan fingerprint density at radius 3 is 2.74 bits per heavy atom. The number of methoxy groups -OCH3 is 1. The highest BCUT2D eigenvalue weighted by Crippen LogP contribution is 2.28. The van der Waals surface area contributed by atoms with Crippen LogP contribution in [0.2, 0.25) is 0 Å². The first-order chi connectivity index (χ1) is 20.1. The number of hydrogen-bond acceptors (Lipinski definition) is 9. The number of halogens is 1. The molecule has 0 aliphatic carbocycles. The number of imidazole rings is 1. The van der Waals surface area contributed by atoms with E-state index >= 15 is 0 Å². The molecule has 0 bridgehead atoms. The number of ether oxygens (including phenoxy) is 3. The molecule has 0 unspecified atom stereocenters. The summed E-state index contributed by atoms with van der Waals surface area (Å²) in [5, 5.41) is 15.6. The van der Waals surface area contributed by atoms with E-state index in [0.29, 0.717) is 41.7 Å². The molecule has 0 spiro atoms. The van der Waals surface area contributed by atoms with Crippen LogP contribution in [0.1, 0.15) is 48.1 Å².